The molecule has 1 saturated heterocycles. The van der Waals surface area contributed by atoms with Crippen molar-refractivity contribution in [3.8, 4) is 5.75 Å². The smallest absolute Gasteiger partial charge is 0.257 e. The first-order valence-electron chi connectivity index (χ1n) is 11.2. The second-order valence-corrected chi connectivity index (χ2v) is 10.3. The maximum absolute atomic E-state index is 13.4. The van der Waals surface area contributed by atoms with E-state index in [0.29, 0.717) is 18.0 Å². The van der Waals surface area contributed by atoms with Crippen LogP contribution >= 0.6 is 23.1 Å². The molecule has 0 radical (unpaired) electrons. The Kier molecular flexibility index (Phi) is 7.52. The average Bonchev–Trinajstić information content (AvgIpc) is 3.42. The largest absolute Gasteiger partial charge is 0.494 e. The SMILES string of the molecule is CCOc1ccc(N2C(=O)CC(N(C(=O)CSc3cccs3)C3CCCCC3)C2=O)cc1. The van der Waals surface area contributed by atoms with Crippen molar-refractivity contribution < 1.29 is 19.1 Å². The van der Waals surface area contributed by atoms with Crippen molar-refractivity contribution in [2.75, 3.05) is 17.3 Å². The van der Waals surface area contributed by atoms with E-state index in [4.69, 9.17) is 4.74 Å². The number of nitrogens with zero attached hydrogens (tertiary/aromatic N) is 2. The lowest BCUT2D eigenvalue weighted by Gasteiger charge is -2.37. The molecule has 1 unspecified atom stereocenters. The summed E-state index contributed by atoms with van der Waals surface area (Å²) in [5.41, 5.74) is 0.523. The van der Waals surface area contributed by atoms with Crippen molar-refractivity contribution in [2.45, 2.75) is 61.7 Å². The van der Waals surface area contributed by atoms with Crippen LogP contribution in [0.25, 0.3) is 0 Å². The van der Waals surface area contributed by atoms with Gasteiger partial charge in [0.2, 0.25) is 11.8 Å². The highest BCUT2D eigenvalue weighted by atomic mass is 32.2. The van der Waals surface area contributed by atoms with Crippen molar-refractivity contribution in [3.05, 3.63) is 41.8 Å². The van der Waals surface area contributed by atoms with Crippen LogP contribution < -0.4 is 9.64 Å². The highest BCUT2D eigenvalue weighted by molar-refractivity contribution is 8.01. The van der Waals surface area contributed by atoms with E-state index in [-0.39, 0.29) is 35.9 Å². The van der Waals surface area contributed by atoms with Crippen LogP contribution in [0, 0.1) is 0 Å². The molecule has 3 amide bonds. The minimum atomic E-state index is -0.728. The van der Waals surface area contributed by atoms with E-state index >= 15 is 0 Å². The van der Waals surface area contributed by atoms with Gasteiger partial charge in [0.05, 0.1) is 28.7 Å². The number of thiophene rings is 1. The van der Waals surface area contributed by atoms with Gasteiger partial charge >= 0.3 is 0 Å². The van der Waals surface area contributed by atoms with Crippen molar-refractivity contribution in [1.29, 1.82) is 0 Å². The Morgan fingerprint density at radius 3 is 2.56 bits per heavy atom. The van der Waals surface area contributed by atoms with Gasteiger partial charge in [-0.15, -0.1) is 23.1 Å². The Bertz CT molecular complexity index is 939. The van der Waals surface area contributed by atoms with E-state index in [9.17, 15) is 14.4 Å². The maximum Gasteiger partial charge on any atom is 0.257 e. The fourth-order valence-corrected chi connectivity index (χ4v) is 6.16. The maximum atomic E-state index is 13.4. The number of benzene rings is 1. The van der Waals surface area contributed by atoms with Crippen molar-refractivity contribution >= 4 is 46.5 Å². The fourth-order valence-electron chi connectivity index (χ4n) is 4.51. The quantitative estimate of drug-likeness (QED) is 0.410. The van der Waals surface area contributed by atoms with Gasteiger partial charge in [-0.25, -0.2) is 4.90 Å². The second-order valence-electron chi connectivity index (χ2n) is 8.03. The molecular formula is C24H28N2O4S2. The third-order valence-electron chi connectivity index (χ3n) is 5.95. The zero-order valence-electron chi connectivity index (χ0n) is 18.2. The molecule has 32 heavy (non-hydrogen) atoms. The Morgan fingerprint density at radius 1 is 1.16 bits per heavy atom. The number of thioether (sulfide) groups is 1. The molecule has 2 aromatic rings. The van der Waals surface area contributed by atoms with Crippen molar-refractivity contribution in [1.82, 2.24) is 4.90 Å². The Balaban J connectivity index is 1.54. The normalized spacial score (nSPS) is 19.4. The molecule has 1 aromatic carbocycles. The number of ether oxygens (including phenoxy) is 1. The number of carbonyl (C=O) groups is 3. The first-order chi connectivity index (χ1) is 15.6. The van der Waals surface area contributed by atoms with Crippen LogP contribution in [0.1, 0.15) is 45.4 Å². The zero-order chi connectivity index (χ0) is 22.5. The summed E-state index contributed by atoms with van der Waals surface area (Å²) in [5, 5.41) is 1.99. The van der Waals surface area contributed by atoms with E-state index < -0.39 is 6.04 Å². The van der Waals surface area contributed by atoms with Crippen LogP contribution in [-0.2, 0) is 14.4 Å². The number of amides is 3. The Morgan fingerprint density at radius 2 is 1.91 bits per heavy atom. The fraction of sp³-hybridized carbons (Fsp3) is 0.458. The van der Waals surface area contributed by atoms with E-state index in [1.165, 1.54) is 16.7 Å². The molecule has 6 nitrogen and oxygen atoms in total. The van der Waals surface area contributed by atoms with Crippen LogP contribution in [-0.4, -0.2) is 47.1 Å². The van der Waals surface area contributed by atoms with Gasteiger partial charge < -0.3 is 9.64 Å². The third-order valence-corrected chi connectivity index (χ3v) is 8.07. The number of imide groups is 1. The van der Waals surface area contributed by atoms with Crippen LogP contribution in [0.3, 0.4) is 0 Å². The molecule has 2 fully saturated rings. The molecule has 170 valence electrons. The number of anilines is 1. The lowest BCUT2D eigenvalue weighted by molar-refractivity contribution is -0.139. The van der Waals surface area contributed by atoms with E-state index in [0.717, 1.165) is 36.3 Å². The monoisotopic (exact) mass is 472 g/mol. The first-order valence-corrected chi connectivity index (χ1v) is 13.0. The molecule has 2 heterocycles. The van der Waals surface area contributed by atoms with Crippen LogP contribution in [0.2, 0.25) is 0 Å². The van der Waals surface area contributed by atoms with Gasteiger partial charge in [-0.05, 0) is 55.5 Å². The molecule has 1 aliphatic heterocycles. The minimum Gasteiger partial charge on any atom is -0.494 e. The molecule has 8 heteroatoms. The summed E-state index contributed by atoms with van der Waals surface area (Å²) in [6.07, 6.45) is 5.05. The standard InChI is InChI=1S/C24H28N2O4S2/c1-2-30-19-12-10-18(11-13-19)26-21(27)15-20(24(26)29)25(17-7-4-3-5-8-17)22(28)16-32-23-9-6-14-31-23/h6,9-14,17,20H,2-5,7-8,15-16H2,1H3. The zero-order valence-corrected chi connectivity index (χ0v) is 19.8. The van der Waals surface area contributed by atoms with Crippen LogP contribution in [0.5, 0.6) is 5.75 Å². The number of hydrogen-bond donors (Lipinski definition) is 0. The highest BCUT2D eigenvalue weighted by Crippen LogP contribution is 2.33. The molecule has 0 N–H and O–H groups in total. The summed E-state index contributed by atoms with van der Waals surface area (Å²) in [7, 11) is 0. The molecular weight excluding hydrogens is 444 g/mol. The van der Waals surface area contributed by atoms with Gasteiger partial charge in [-0.1, -0.05) is 25.3 Å². The van der Waals surface area contributed by atoms with Crippen molar-refractivity contribution in [2.24, 2.45) is 0 Å². The van der Waals surface area contributed by atoms with Gasteiger partial charge in [-0.2, -0.15) is 0 Å². The average molecular weight is 473 g/mol. The first kappa shape index (κ1) is 22.9. The lowest BCUT2D eigenvalue weighted by atomic mass is 9.92. The number of rotatable bonds is 8. The van der Waals surface area contributed by atoms with E-state index in [2.05, 4.69) is 0 Å². The predicted molar refractivity (Wildman–Crippen MR) is 127 cm³/mol. The Hall–Kier alpha value is -2.32. The topological polar surface area (TPSA) is 66.9 Å². The lowest BCUT2D eigenvalue weighted by Crippen LogP contribution is -2.52. The van der Waals surface area contributed by atoms with E-state index in [1.54, 1.807) is 40.5 Å². The second kappa shape index (κ2) is 10.5. The van der Waals surface area contributed by atoms with E-state index in [1.807, 2.05) is 24.4 Å². The molecule has 0 bridgehead atoms. The summed E-state index contributed by atoms with van der Waals surface area (Å²) in [6.45, 7) is 2.45. The summed E-state index contributed by atoms with van der Waals surface area (Å²) in [5.74, 6) is 0.340. The Labute approximate surface area is 196 Å². The molecule has 1 saturated carbocycles. The van der Waals surface area contributed by atoms with Gasteiger partial charge in [-0.3, -0.25) is 14.4 Å². The predicted octanol–water partition coefficient (Wildman–Crippen LogP) is 4.73. The molecule has 4 rings (SSSR count). The molecule has 0 spiro atoms. The molecule has 1 aromatic heterocycles. The highest BCUT2D eigenvalue weighted by Gasteiger charge is 2.46. The third kappa shape index (κ3) is 5.02. The number of hydrogen-bond acceptors (Lipinski definition) is 6. The summed E-state index contributed by atoms with van der Waals surface area (Å²) < 4.78 is 6.54. The summed E-state index contributed by atoms with van der Waals surface area (Å²) >= 11 is 3.10. The molecule has 1 aliphatic carbocycles. The van der Waals surface area contributed by atoms with Crippen LogP contribution in [0.15, 0.2) is 46.0 Å². The summed E-state index contributed by atoms with van der Waals surface area (Å²) in [6, 6.07) is 10.2. The van der Waals surface area contributed by atoms with Crippen molar-refractivity contribution in [3.63, 3.8) is 0 Å². The summed E-state index contributed by atoms with van der Waals surface area (Å²) in [4.78, 5) is 42.6. The van der Waals surface area contributed by atoms with Gasteiger partial charge in [0, 0.05) is 6.04 Å². The molecule has 2 aliphatic rings. The minimum absolute atomic E-state index is 0.0159. The van der Waals surface area contributed by atoms with Crippen LogP contribution in [0.4, 0.5) is 5.69 Å². The van der Waals surface area contributed by atoms with Gasteiger partial charge in [0.15, 0.2) is 0 Å². The van der Waals surface area contributed by atoms with Gasteiger partial charge in [0.25, 0.3) is 5.91 Å². The van der Waals surface area contributed by atoms with Gasteiger partial charge in [0.1, 0.15) is 11.8 Å². The number of carbonyl (C=O) groups excluding carboxylic acids is 3. The molecule has 1 atom stereocenters.